The molecule has 0 aliphatic heterocycles. The molecule has 3 aromatic carbocycles. The molecule has 1 N–H and O–H groups in total. The molecule has 0 saturated heterocycles. The molecule has 0 aliphatic rings. The van der Waals surface area contributed by atoms with Crippen LogP contribution < -0.4 is 10.1 Å². The number of nitrogens with zero attached hydrogens (tertiary/aromatic N) is 2. The van der Waals surface area contributed by atoms with E-state index in [1.54, 1.807) is 38.3 Å². The number of sulfonamides is 1. The van der Waals surface area contributed by atoms with E-state index in [0.717, 1.165) is 20.6 Å². The van der Waals surface area contributed by atoms with Gasteiger partial charge in [-0.2, -0.15) is 4.31 Å². The molecule has 198 valence electrons. The molecule has 0 spiro atoms. The zero-order valence-corrected chi connectivity index (χ0v) is 23.0. The highest BCUT2D eigenvalue weighted by atomic mass is 32.2. The zero-order valence-electron chi connectivity index (χ0n) is 22.2. The van der Waals surface area contributed by atoms with Crippen molar-refractivity contribution in [2.24, 2.45) is 0 Å². The molecule has 0 radical (unpaired) electrons. The van der Waals surface area contributed by atoms with Crippen LogP contribution in [0.25, 0.3) is 10.8 Å². The fourth-order valence-corrected chi connectivity index (χ4v) is 5.01. The molecule has 8 nitrogen and oxygen atoms in total. The van der Waals surface area contributed by atoms with Crippen LogP contribution in [0.2, 0.25) is 0 Å². The van der Waals surface area contributed by atoms with Gasteiger partial charge in [0.2, 0.25) is 21.8 Å². The molecule has 9 heteroatoms. The Morgan fingerprint density at radius 2 is 1.59 bits per heavy atom. The first-order valence-corrected chi connectivity index (χ1v) is 13.5. The molecule has 0 aromatic heterocycles. The fourth-order valence-electron chi connectivity index (χ4n) is 3.86. The number of fused-ring (bicyclic) bond motifs is 1. The number of hydrogen-bond acceptors (Lipinski definition) is 5. The summed E-state index contributed by atoms with van der Waals surface area (Å²) >= 11 is 0. The van der Waals surface area contributed by atoms with Gasteiger partial charge in [-0.05, 0) is 68.3 Å². The van der Waals surface area contributed by atoms with Crippen molar-refractivity contribution in [2.45, 2.75) is 50.7 Å². The van der Waals surface area contributed by atoms with Gasteiger partial charge in [-0.3, -0.25) is 9.59 Å². The highest BCUT2D eigenvalue weighted by molar-refractivity contribution is 7.89. The number of carbonyl (C=O) groups is 2. The van der Waals surface area contributed by atoms with Gasteiger partial charge in [0.15, 0.2) is 0 Å². The van der Waals surface area contributed by atoms with Crippen molar-refractivity contribution in [3.8, 4) is 5.75 Å². The van der Waals surface area contributed by atoms with Gasteiger partial charge >= 0.3 is 0 Å². The minimum Gasteiger partial charge on any atom is -0.497 e. The maximum absolute atomic E-state index is 13.5. The molecule has 0 aliphatic carbocycles. The molecule has 2 amide bonds. The lowest BCUT2D eigenvalue weighted by Gasteiger charge is -2.32. The summed E-state index contributed by atoms with van der Waals surface area (Å²) in [5, 5.41) is 4.61. The van der Waals surface area contributed by atoms with Crippen molar-refractivity contribution in [3.63, 3.8) is 0 Å². The van der Waals surface area contributed by atoms with E-state index in [9.17, 15) is 18.0 Å². The molecular weight excluding hydrogens is 490 g/mol. The van der Waals surface area contributed by atoms with Crippen molar-refractivity contribution in [1.82, 2.24) is 14.5 Å². The Kier molecular flexibility index (Phi) is 8.60. The average molecular weight is 526 g/mol. The zero-order chi connectivity index (χ0) is 27.4. The second-order valence-electron chi connectivity index (χ2n) is 10.1. The maximum atomic E-state index is 13.5. The lowest BCUT2D eigenvalue weighted by atomic mass is 10.1. The van der Waals surface area contributed by atoms with Crippen LogP contribution in [0.15, 0.2) is 71.6 Å². The number of ether oxygens (including phenoxy) is 1. The van der Waals surface area contributed by atoms with E-state index in [-0.39, 0.29) is 17.3 Å². The van der Waals surface area contributed by atoms with Gasteiger partial charge < -0.3 is 15.0 Å². The van der Waals surface area contributed by atoms with E-state index in [0.29, 0.717) is 5.75 Å². The smallest absolute Gasteiger partial charge is 0.243 e. The number of carbonyl (C=O) groups excluding carboxylic acids is 2. The summed E-state index contributed by atoms with van der Waals surface area (Å²) in [7, 11) is -1.01. The molecular formula is C28H35N3O5S. The lowest BCUT2D eigenvalue weighted by molar-refractivity contribution is -0.141. The molecule has 0 heterocycles. The molecule has 0 fully saturated rings. The Morgan fingerprint density at radius 3 is 2.19 bits per heavy atom. The lowest BCUT2D eigenvalue weighted by Crippen LogP contribution is -2.54. The number of nitrogens with one attached hydrogen (secondary N) is 1. The van der Waals surface area contributed by atoms with E-state index in [1.165, 1.54) is 18.0 Å². The Balaban J connectivity index is 1.85. The van der Waals surface area contributed by atoms with Gasteiger partial charge in [0.05, 0.1) is 18.6 Å². The first-order chi connectivity index (χ1) is 17.3. The standard InChI is InChI=1S/C28H35N3O5S/c1-20(27(33)29-28(2,3)4)31(18-21-11-14-24(36-6)15-12-21)26(32)19-30(5)37(34,35)25-16-13-22-9-7-8-10-23(22)17-25/h7-17,20H,18-19H2,1-6H3,(H,29,33)/t20-/m1/s1. The van der Waals surface area contributed by atoms with Crippen molar-refractivity contribution < 1.29 is 22.7 Å². The van der Waals surface area contributed by atoms with E-state index >= 15 is 0 Å². The van der Waals surface area contributed by atoms with Crippen molar-refractivity contribution in [3.05, 3.63) is 72.3 Å². The number of amides is 2. The molecule has 37 heavy (non-hydrogen) atoms. The number of hydrogen-bond donors (Lipinski definition) is 1. The molecule has 0 unspecified atom stereocenters. The highest BCUT2D eigenvalue weighted by Gasteiger charge is 2.31. The maximum Gasteiger partial charge on any atom is 0.243 e. The number of rotatable bonds is 9. The summed E-state index contributed by atoms with van der Waals surface area (Å²) < 4.78 is 32.9. The van der Waals surface area contributed by atoms with Gasteiger partial charge in [0.25, 0.3) is 0 Å². The average Bonchev–Trinajstić information content (AvgIpc) is 2.85. The normalized spacial score (nSPS) is 12.8. The minimum atomic E-state index is -3.95. The van der Waals surface area contributed by atoms with Crippen LogP contribution in [0.3, 0.4) is 0 Å². The Hall–Kier alpha value is -3.43. The highest BCUT2D eigenvalue weighted by Crippen LogP contribution is 2.22. The monoisotopic (exact) mass is 525 g/mol. The first-order valence-electron chi connectivity index (χ1n) is 12.0. The van der Waals surface area contributed by atoms with E-state index in [1.807, 2.05) is 57.2 Å². The Labute approximate surface area is 219 Å². The molecule has 1 atom stereocenters. The van der Waals surface area contributed by atoms with Gasteiger partial charge in [-0.1, -0.05) is 42.5 Å². The molecule has 0 bridgehead atoms. The molecule has 0 saturated carbocycles. The van der Waals surface area contributed by atoms with E-state index in [2.05, 4.69) is 5.32 Å². The third-order valence-electron chi connectivity index (χ3n) is 5.96. The third-order valence-corrected chi connectivity index (χ3v) is 7.76. The summed E-state index contributed by atoms with van der Waals surface area (Å²) in [6.07, 6.45) is 0. The number of likely N-dealkylation sites (N-methyl/N-ethyl adjacent to an activating group) is 1. The van der Waals surface area contributed by atoms with Crippen LogP contribution in [-0.2, 0) is 26.2 Å². The molecule has 3 rings (SSSR count). The predicted octanol–water partition coefficient (Wildman–Crippen LogP) is 3.80. The Morgan fingerprint density at radius 1 is 0.973 bits per heavy atom. The number of benzene rings is 3. The summed E-state index contributed by atoms with van der Waals surface area (Å²) in [5.41, 5.74) is 0.292. The van der Waals surface area contributed by atoms with Gasteiger partial charge in [-0.15, -0.1) is 0 Å². The summed E-state index contributed by atoms with van der Waals surface area (Å²) in [4.78, 5) is 28.0. The number of methoxy groups -OCH3 is 1. The SMILES string of the molecule is COc1ccc(CN(C(=O)CN(C)S(=O)(=O)c2ccc3ccccc3c2)[C@H](C)C(=O)NC(C)(C)C)cc1. The van der Waals surface area contributed by atoms with Crippen molar-refractivity contribution in [1.29, 1.82) is 0 Å². The van der Waals surface area contributed by atoms with E-state index in [4.69, 9.17) is 4.74 Å². The minimum absolute atomic E-state index is 0.0988. The first kappa shape index (κ1) is 28.1. The summed E-state index contributed by atoms with van der Waals surface area (Å²) in [6.45, 7) is 6.93. The van der Waals surface area contributed by atoms with Crippen LogP contribution in [-0.4, -0.2) is 61.7 Å². The second kappa shape index (κ2) is 11.3. The predicted molar refractivity (Wildman–Crippen MR) is 145 cm³/mol. The summed E-state index contributed by atoms with van der Waals surface area (Å²) in [5.74, 6) is -0.144. The van der Waals surface area contributed by atoms with Gasteiger partial charge in [-0.25, -0.2) is 8.42 Å². The van der Waals surface area contributed by atoms with Crippen molar-refractivity contribution in [2.75, 3.05) is 20.7 Å². The van der Waals surface area contributed by atoms with E-state index < -0.39 is 34.1 Å². The second-order valence-corrected chi connectivity index (χ2v) is 12.1. The quantitative estimate of drug-likeness (QED) is 0.459. The van der Waals surface area contributed by atoms with Gasteiger partial charge in [0.1, 0.15) is 11.8 Å². The topological polar surface area (TPSA) is 96.0 Å². The largest absolute Gasteiger partial charge is 0.497 e. The van der Waals surface area contributed by atoms with Crippen molar-refractivity contribution >= 4 is 32.6 Å². The van der Waals surface area contributed by atoms with Crippen LogP contribution in [0.1, 0.15) is 33.3 Å². The summed E-state index contributed by atoms with van der Waals surface area (Å²) in [6, 6.07) is 18.7. The molecule has 3 aromatic rings. The van der Waals surface area contributed by atoms with Crippen LogP contribution in [0.5, 0.6) is 5.75 Å². The van der Waals surface area contributed by atoms with Crippen LogP contribution >= 0.6 is 0 Å². The van der Waals surface area contributed by atoms with Crippen LogP contribution in [0.4, 0.5) is 0 Å². The van der Waals surface area contributed by atoms with Gasteiger partial charge in [0, 0.05) is 19.1 Å². The Bertz CT molecular complexity index is 1360. The third kappa shape index (κ3) is 7.08. The van der Waals surface area contributed by atoms with Crippen LogP contribution in [0, 0.1) is 0 Å². The fraction of sp³-hybridized carbons (Fsp3) is 0.357.